The topological polar surface area (TPSA) is 212 Å². The Morgan fingerprint density at radius 2 is 1.61 bits per heavy atom. The summed E-state index contributed by atoms with van der Waals surface area (Å²) in [5.41, 5.74) is 2.99. The molecule has 22 heteroatoms. The van der Waals surface area contributed by atoms with Crippen molar-refractivity contribution in [2.75, 3.05) is 122 Å². The summed E-state index contributed by atoms with van der Waals surface area (Å²) in [6, 6.07) is 12.6. The predicted octanol–water partition coefficient (Wildman–Crippen LogP) is 4.84. The monoisotopic (exact) mass is 1020 g/mol. The van der Waals surface area contributed by atoms with Crippen molar-refractivity contribution in [3.8, 4) is 5.75 Å². The van der Waals surface area contributed by atoms with Crippen molar-refractivity contribution in [2.45, 2.75) is 36.7 Å². The van der Waals surface area contributed by atoms with Gasteiger partial charge in [0.25, 0.3) is 5.91 Å². The summed E-state index contributed by atoms with van der Waals surface area (Å²) in [7, 11) is 0. The van der Waals surface area contributed by atoms with Crippen molar-refractivity contribution in [3.05, 3.63) is 89.5 Å². The highest BCUT2D eigenvalue weighted by molar-refractivity contribution is 7.99. The molecule has 5 amide bonds. The number of imide groups is 1. The van der Waals surface area contributed by atoms with Crippen molar-refractivity contribution in [1.29, 1.82) is 0 Å². The van der Waals surface area contributed by atoms with Crippen molar-refractivity contribution in [3.63, 3.8) is 0 Å². The summed E-state index contributed by atoms with van der Waals surface area (Å²) < 4.78 is 47.9. The Balaban J connectivity index is 0.673. The lowest BCUT2D eigenvalue weighted by Gasteiger charge is -2.34. The second kappa shape index (κ2) is 27.2. The van der Waals surface area contributed by atoms with Gasteiger partial charge in [-0.25, -0.2) is 14.4 Å². The molecular formula is C49H58ClFN8O11S. The van der Waals surface area contributed by atoms with Crippen LogP contribution in [0.3, 0.4) is 0 Å². The van der Waals surface area contributed by atoms with E-state index in [9.17, 15) is 28.4 Å². The zero-order chi connectivity index (χ0) is 50.0. The summed E-state index contributed by atoms with van der Waals surface area (Å²) in [6.45, 7) is 11.2. The van der Waals surface area contributed by atoms with Crippen LogP contribution in [0.15, 0.2) is 72.4 Å². The maximum absolute atomic E-state index is 13.7. The van der Waals surface area contributed by atoms with Gasteiger partial charge in [-0.3, -0.25) is 34.2 Å². The van der Waals surface area contributed by atoms with E-state index >= 15 is 0 Å². The molecule has 3 aliphatic rings. The van der Waals surface area contributed by atoms with E-state index in [-0.39, 0.29) is 42.4 Å². The van der Waals surface area contributed by atoms with Crippen LogP contribution >= 0.6 is 23.4 Å². The quantitative estimate of drug-likeness (QED) is 0.0301. The molecule has 0 aliphatic carbocycles. The van der Waals surface area contributed by atoms with E-state index in [4.69, 9.17) is 40.0 Å². The maximum atomic E-state index is 13.7. The molecule has 380 valence electrons. The number of ether oxygens (including phenoxy) is 6. The lowest BCUT2D eigenvalue weighted by Crippen LogP contribution is -2.52. The molecule has 19 nitrogen and oxygen atoms in total. The van der Waals surface area contributed by atoms with E-state index in [1.165, 1.54) is 24.5 Å². The number of aromatic nitrogens is 2. The van der Waals surface area contributed by atoms with Gasteiger partial charge in [0.1, 0.15) is 36.4 Å². The van der Waals surface area contributed by atoms with E-state index in [1.54, 1.807) is 39.8 Å². The summed E-state index contributed by atoms with van der Waals surface area (Å²) in [5.74, 6) is -0.391. The summed E-state index contributed by atoms with van der Waals surface area (Å²) >= 11 is 7.56. The molecule has 3 N–H and O–H groups in total. The van der Waals surface area contributed by atoms with Crippen molar-refractivity contribution in [1.82, 2.24) is 30.0 Å². The summed E-state index contributed by atoms with van der Waals surface area (Å²) in [4.78, 5) is 77.4. The van der Waals surface area contributed by atoms with Gasteiger partial charge in [-0.1, -0.05) is 24.2 Å². The highest BCUT2D eigenvalue weighted by Gasteiger charge is 2.40. The van der Waals surface area contributed by atoms with Gasteiger partial charge in [0.2, 0.25) is 23.6 Å². The molecule has 3 aliphatic heterocycles. The molecule has 1 aromatic heterocycles. The normalized spacial score (nSPS) is 16.0. The number of hydrogen-bond donors (Lipinski definition) is 3. The summed E-state index contributed by atoms with van der Waals surface area (Å²) in [6.07, 6.45) is 3.81. The van der Waals surface area contributed by atoms with E-state index in [2.05, 4.69) is 37.4 Å². The molecule has 71 heavy (non-hydrogen) atoms. The Hall–Kier alpha value is -5.78. The molecule has 0 spiro atoms. The minimum atomic E-state index is -0.640. The molecular weight excluding hydrogens is 963 g/mol. The molecule has 4 aromatic rings. The first-order valence-electron chi connectivity index (χ1n) is 23.4. The number of carbonyl (C=O) groups excluding carboxylic acids is 5. The number of piperidine rings is 1. The van der Waals surface area contributed by atoms with Crippen molar-refractivity contribution < 1.29 is 56.8 Å². The Kier molecular flexibility index (Phi) is 20.3. The van der Waals surface area contributed by atoms with E-state index in [0.717, 1.165) is 36.2 Å². The zero-order valence-electron chi connectivity index (χ0n) is 39.3. The second-order valence-corrected chi connectivity index (χ2v) is 18.0. The van der Waals surface area contributed by atoms with Gasteiger partial charge in [0.05, 0.1) is 82.3 Å². The number of nitrogens with one attached hydrogen (secondary N) is 3. The highest BCUT2D eigenvalue weighted by Crippen LogP contribution is 2.36. The number of nitrogens with zero attached hydrogens (tertiary/aromatic N) is 5. The predicted molar refractivity (Wildman–Crippen MR) is 263 cm³/mol. The first-order chi connectivity index (χ1) is 34.6. The Morgan fingerprint density at radius 3 is 2.31 bits per heavy atom. The van der Waals surface area contributed by atoms with Crippen LogP contribution < -0.4 is 20.7 Å². The molecule has 7 rings (SSSR count). The van der Waals surface area contributed by atoms with Gasteiger partial charge in [-0.2, -0.15) is 0 Å². The zero-order valence-corrected chi connectivity index (χ0v) is 40.9. The number of amides is 5. The van der Waals surface area contributed by atoms with Gasteiger partial charge in [0, 0.05) is 79.0 Å². The van der Waals surface area contributed by atoms with Gasteiger partial charge in [-0.15, -0.1) is 11.8 Å². The number of halogens is 2. The highest BCUT2D eigenvalue weighted by atomic mass is 35.5. The fraction of sp³-hybridized carbons (Fsp3) is 0.449. The van der Waals surface area contributed by atoms with Crippen LogP contribution in [0, 0.1) is 5.82 Å². The standard InChI is InChI=1S/C49H58ClFN8O11S/c1-2-44(60)55-40-28-35-39(52-32-53-47(35)54-33-7-8-38(51)37(50)27-33)29-42(40)70-16-4-11-57-12-14-58(15-13-57)46(62)31-69-24-23-67-20-19-65-17-18-66-21-22-68-25-26-71-43-6-3-5-34-36(43)30-59(49(34)64)41-9-10-45(61)56-48(41)63/h2-3,5-8,27-29,32,41H,1,4,9-26,30-31H2,(H,55,60)(H,52,53,54)(H,56,61,63). The Bertz CT molecular complexity index is 2520. The van der Waals surface area contributed by atoms with Crippen LogP contribution in [0.25, 0.3) is 10.9 Å². The van der Waals surface area contributed by atoms with E-state index < -0.39 is 23.7 Å². The minimum absolute atomic E-state index is 0.0167. The lowest BCUT2D eigenvalue weighted by molar-refractivity contribution is -0.139. The van der Waals surface area contributed by atoms with Crippen LogP contribution in [-0.4, -0.2) is 171 Å². The van der Waals surface area contributed by atoms with Crippen molar-refractivity contribution in [2.24, 2.45) is 0 Å². The van der Waals surface area contributed by atoms with Crippen LogP contribution in [0.2, 0.25) is 5.02 Å². The van der Waals surface area contributed by atoms with E-state index in [1.807, 2.05) is 12.1 Å². The molecule has 2 saturated heterocycles. The molecule has 1 atom stereocenters. The number of anilines is 3. The minimum Gasteiger partial charge on any atom is -0.491 e. The second-order valence-electron chi connectivity index (χ2n) is 16.5. The van der Waals surface area contributed by atoms with Gasteiger partial charge in [0.15, 0.2) is 0 Å². The van der Waals surface area contributed by atoms with Crippen LogP contribution in [0.1, 0.15) is 35.2 Å². The SMILES string of the molecule is C=CC(=O)Nc1cc2c(Nc3ccc(F)c(Cl)c3)ncnc2cc1OCCCN1CCN(C(=O)COCCOCCOCCOCCOCCSc2cccc3c2CN(C2CCC(=O)NC2=O)C3=O)CC1. The molecule has 1 unspecified atom stereocenters. The molecule has 0 radical (unpaired) electrons. The fourth-order valence-corrected chi connectivity index (χ4v) is 9.14. The van der Waals surface area contributed by atoms with Crippen LogP contribution in [-0.2, 0) is 49.4 Å². The number of fused-ring (bicyclic) bond motifs is 2. The van der Waals surface area contributed by atoms with Gasteiger partial charge in [-0.05, 0) is 60.9 Å². The molecule has 0 saturated carbocycles. The van der Waals surface area contributed by atoms with Crippen LogP contribution in [0.5, 0.6) is 5.75 Å². The Labute approximate surface area is 420 Å². The Morgan fingerprint density at radius 1 is 0.887 bits per heavy atom. The van der Waals surface area contributed by atoms with Crippen molar-refractivity contribution >= 4 is 81.0 Å². The third kappa shape index (κ3) is 15.4. The fourth-order valence-electron chi connectivity index (χ4n) is 8.02. The first kappa shape index (κ1) is 53.0. The van der Waals surface area contributed by atoms with Crippen LogP contribution in [0.4, 0.5) is 21.6 Å². The molecule has 2 fully saturated rings. The van der Waals surface area contributed by atoms with E-state index in [0.29, 0.717) is 137 Å². The number of hydrogen-bond acceptors (Lipinski definition) is 16. The number of thioether (sulfide) groups is 1. The number of piperazine rings is 1. The first-order valence-corrected chi connectivity index (χ1v) is 24.8. The lowest BCUT2D eigenvalue weighted by atomic mass is 10.0. The molecule has 0 bridgehead atoms. The average Bonchev–Trinajstić information content (AvgIpc) is 3.71. The molecule has 3 aromatic carbocycles. The maximum Gasteiger partial charge on any atom is 0.255 e. The molecule has 4 heterocycles. The number of carbonyl (C=O) groups is 5. The average molecular weight is 1020 g/mol. The van der Waals surface area contributed by atoms with Gasteiger partial charge < -0.3 is 48.9 Å². The smallest absolute Gasteiger partial charge is 0.255 e. The number of benzene rings is 3. The largest absolute Gasteiger partial charge is 0.491 e. The third-order valence-corrected chi connectivity index (χ3v) is 13.1. The number of rotatable bonds is 28. The third-order valence-electron chi connectivity index (χ3n) is 11.7. The van der Waals surface area contributed by atoms with Gasteiger partial charge >= 0.3 is 0 Å². The summed E-state index contributed by atoms with van der Waals surface area (Å²) in [5, 5.41) is 8.82.